The third-order valence-corrected chi connectivity index (χ3v) is 3.17. The van der Waals surface area contributed by atoms with Gasteiger partial charge >= 0.3 is 0 Å². The molecule has 1 aromatic carbocycles. The first kappa shape index (κ1) is 11.3. The van der Waals surface area contributed by atoms with E-state index in [0.29, 0.717) is 17.1 Å². The molecule has 2 aromatic rings. The van der Waals surface area contributed by atoms with E-state index in [2.05, 4.69) is 4.98 Å². The Morgan fingerprint density at radius 3 is 2.94 bits per heavy atom. The lowest BCUT2D eigenvalue weighted by Crippen LogP contribution is -2.03. The zero-order chi connectivity index (χ0) is 11.5. The second-order valence-electron chi connectivity index (χ2n) is 3.48. The van der Waals surface area contributed by atoms with Crippen LogP contribution in [0.15, 0.2) is 29.6 Å². The Kier molecular flexibility index (Phi) is 3.36. The summed E-state index contributed by atoms with van der Waals surface area (Å²) in [4.78, 5) is 16.0. The number of thiazole rings is 1. The van der Waals surface area contributed by atoms with E-state index in [0.717, 1.165) is 10.6 Å². The minimum absolute atomic E-state index is 0.0339. The zero-order valence-electron chi connectivity index (χ0n) is 8.74. The molecule has 0 radical (unpaired) electrons. The predicted octanol–water partition coefficient (Wildman–Crippen LogP) is 3.53. The van der Waals surface area contributed by atoms with Crippen LogP contribution >= 0.6 is 22.9 Å². The van der Waals surface area contributed by atoms with Gasteiger partial charge in [-0.2, -0.15) is 0 Å². The number of hydrogen-bond donors (Lipinski definition) is 0. The number of nitrogens with zero attached hydrogens (tertiary/aromatic N) is 1. The van der Waals surface area contributed by atoms with Crippen molar-refractivity contribution in [1.29, 1.82) is 0 Å². The number of carbonyl (C=O) groups excluding carboxylic acids is 1. The maximum Gasteiger partial charge on any atom is 0.186 e. The van der Waals surface area contributed by atoms with Crippen LogP contribution in [0.25, 0.3) is 0 Å². The van der Waals surface area contributed by atoms with Gasteiger partial charge < -0.3 is 0 Å². The highest BCUT2D eigenvalue weighted by atomic mass is 35.5. The van der Waals surface area contributed by atoms with Crippen molar-refractivity contribution in [3.63, 3.8) is 0 Å². The molecule has 0 amide bonds. The Morgan fingerprint density at radius 1 is 1.50 bits per heavy atom. The van der Waals surface area contributed by atoms with Crippen molar-refractivity contribution in [1.82, 2.24) is 4.98 Å². The number of halogens is 1. The Bertz CT molecular complexity index is 521. The SMILES string of the molecule is Cc1nc(C(=O)Cc2cccc(Cl)c2)cs1. The van der Waals surface area contributed by atoms with Gasteiger partial charge in [-0.1, -0.05) is 23.7 Å². The molecular formula is C12H10ClNOS. The van der Waals surface area contributed by atoms with Crippen LogP contribution in [-0.4, -0.2) is 10.8 Å². The number of benzene rings is 1. The Labute approximate surface area is 103 Å². The summed E-state index contributed by atoms with van der Waals surface area (Å²) >= 11 is 7.34. The molecule has 2 rings (SSSR count). The fourth-order valence-corrected chi connectivity index (χ4v) is 2.24. The van der Waals surface area contributed by atoms with Gasteiger partial charge in [0, 0.05) is 16.8 Å². The highest BCUT2D eigenvalue weighted by molar-refractivity contribution is 7.09. The maximum atomic E-state index is 11.8. The van der Waals surface area contributed by atoms with Gasteiger partial charge in [0.1, 0.15) is 5.69 Å². The Hall–Kier alpha value is -1.19. The standard InChI is InChI=1S/C12H10ClNOS/c1-8-14-11(7-16-8)12(15)6-9-3-2-4-10(13)5-9/h2-5,7H,6H2,1H3. The quantitative estimate of drug-likeness (QED) is 0.781. The van der Waals surface area contributed by atoms with E-state index in [1.54, 1.807) is 17.5 Å². The summed E-state index contributed by atoms with van der Waals surface area (Å²) in [5.74, 6) is 0.0339. The lowest BCUT2D eigenvalue weighted by atomic mass is 10.1. The average Bonchev–Trinajstić information content (AvgIpc) is 2.65. The number of aromatic nitrogens is 1. The van der Waals surface area contributed by atoms with Gasteiger partial charge in [0.25, 0.3) is 0 Å². The van der Waals surface area contributed by atoms with Crippen LogP contribution in [0, 0.1) is 6.92 Å². The van der Waals surface area contributed by atoms with Crippen LogP contribution in [0.2, 0.25) is 5.02 Å². The number of Topliss-reactive ketones (excluding diaryl/α,β-unsaturated/α-hetero) is 1. The third-order valence-electron chi connectivity index (χ3n) is 2.16. The first-order valence-corrected chi connectivity index (χ1v) is 6.10. The summed E-state index contributed by atoms with van der Waals surface area (Å²) in [7, 11) is 0. The molecule has 0 atom stereocenters. The molecule has 0 N–H and O–H groups in total. The summed E-state index contributed by atoms with van der Waals surface area (Å²) in [6, 6.07) is 7.33. The minimum Gasteiger partial charge on any atom is -0.292 e. The number of ketones is 1. The van der Waals surface area contributed by atoms with Crippen molar-refractivity contribution < 1.29 is 4.79 Å². The topological polar surface area (TPSA) is 30.0 Å². The molecule has 2 nitrogen and oxygen atoms in total. The largest absolute Gasteiger partial charge is 0.292 e. The van der Waals surface area contributed by atoms with Crippen LogP contribution < -0.4 is 0 Å². The molecule has 0 aliphatic carbocycles. The summed E-state index contributed by atoms with van der Waals surface area (Å²) in [6.07, 6.45) is 0.351. The molecule has 1 heterocycles. The highest BCUT2D eigenvalue weighted by Crippen LogP contribution is 2.14. The molecule has 0 saturated heterocycles. The number of carbonyl (C=O) groups is 1. The monoisotopic (exact) mass is 251 g/mol. The first-order valence-electron chi connectivity index (χ1n) is 4.85. The van der Waals surface area contributed by atoms with Crippen LogP contribution in [0.3, 0.4) is 0 Å². The van der Waals surface area contributed by atoms with Crippen LogP contribution in [0.4, 0.5) is 0 Å². The van der Waals surface area contributed by atoms with E-state index in [9.17, 15) is 4.79 Å². The minimum atomic E-state index is 0.0339. The van der Waals surface area contributed by atoms with Crippen LogP contribution in [0.5, 0.6) is 0 Å². The van der Waals surface area contributed by atoms with Crippen LogP contribution in [-0.2, 0) is 6.42 Å². The van der Waals surface area contributed by atoms with Gasteiger partial charge in [-0.05, 0) is 24.6 Å². The van der Waals surface area contributed by atoms with Gasteiger partial charge in [0.2, 0.25) is 0 Å². The highest BCUT2D eigenvalue weighted by Gasteiger charge is 2.10. The molecule has 0 unspecified atom stereocenters. The molecule has 16 heavy (non-hydrogen) atoms. The summed E-state index contributed by atoms with van der Waals surface area (Å²) in [6.45, 7) is 1.89. The molecule has 0 aliphatic rings. The fourth-order valence-electron chi connectivity index (χ4n) is 1.41. The van der Waals surface area contributed by atoms with Crippen molar-refractivity contribution in [3.8, 4) is 0 Å². The second kappa shape index (κ2) is 4.76. The van der Waals surface area contributed by atoms with E-state index < -0.39 is 0 Å². The van der Waals surface area contributed by atoms with E-state index in [1.165, 1.54) is 11.3 Å². The zero-order valence-corrected chi connectivity index (χ0v) is 10.3. The van der Waals surface area contributed by atoms with Gasteiger partial charge in [-0.3, -0.25) is 4.79 Å². The Morgan fingerprint density at radius 2 is 2.31 bits per heavy atom. The molecule has 1 aromatic heterocycles. The van der Waals surface area contributed by atoms with Crippen LogP contribution in [0.1, 0.15) is 21.1 Å². The van der Waals surface area contributed by atoms with E-state index in [-0.39, 0.29) is 5.78 Å². The summed E-state index contributed by atoms with van der Waals surface area (Å²) < 4.78 is 0. The molecule has 0 saturated carbocycles. The number of aryl methyl sites for hydroxylation is 1. The number of hydrogen-bond acceptors (Lipinski definition) is 3. The lowest BCUT2D eigenvalue weighted by molar-refractivity contribution is 0.0989. The van der Waals surface area contributed by atoms with E-state index in [1.807, 2.05) is 19.1 Å². The average molecular weight is 252 g/mol. The van der Waals surface area contributed by atoms with Crippen molar-refractivity contribution in [3.05, 3.63) is 50.9 Å². The summed E-state index contributed by atoms with van der Waals surface area (Å²) in [5.41, 5.74) is 1.46. The number of rotatable bonds is 3. The first-order chi connectivity index (χ1) is 7.65. The molecule has 4 heteroatoms. The normalized spacial score (nSPS) is 10.4. The maximum absolute atomic E-state index is 11.8. The molecule has 82 valence electrons. The van der Waals surface area contributed by atoms with Crippen molar-refractivity contribution in [2.75, 3.05) is 0 Å². The van der Waals surface area contributed by atoms with E-state index in [4.69, 9.17) is 11.6 Å². The second-order valence-corrected chi connectivity index (χ2v) is 4.98. The van der Waals surface area contributed by atoms with Crippen molar-refractivity contribution in [2.24, 2.45) is 0 Å². The predicted molar refractivity (Wildman–Crippen MR) is 66.3 cm³/mol. The van der Waals surface area contributed by atoms with Crippen molar-refractivity contribution >= 4 is 28.7 Å². The van der Waals surface area contributed by atoms with Gasteiger partial charge in [0.15, 0.2) is 5.78 Å². The van der Waals surface area contributed by atoms with Gasteiger partial charge in [-0.15, -0.1) is 11.3 Å². The van der Waals surface area contributed by atoms with Gasteiger partial charge in [-0.25, -0.2) is 4.98 Å². The molecular weight excluding hydrogens is 242 g/mol. The van der Waals surface area contributed by atoms with E-state index >= 15 is 0 Å². The molecule has 0 spiro atoms. The Balaban J connectivity index is 2.13. The lowest BCUT2D eigenvalue weighted by Gasteiger charge is -1.99. The smallest absolute Gasteiger partial charge is 0.186 e. The fraction of sp³-hybridized carbons (Fsp3) is 0.167. The molecule has 0 bridgehead atoms. The summed E-state index contributed by atoms with van der Waals surface area (Å²) in [5, 5.41) is 3.36. The third kappa shape index (κ3) is 2.68. The molecule has 0 fully saturated rings. The van der Waals surface area contributed by atoms with Crippen molar-refractivity contribution in [2.45, 2.75) is 13.3 Å². The molecule has 0 aliphatic heterocycles. The van der Waals surface area contributed by atoms with Gasteiger partial charge in [0.05, 0.1) is 5.01 Å².